The van der Waals surface area contributed by atoms with Crippen LogP contribution in [-0.2, 0) is 6.54 Å². The molecule has 2 nitrogen and oxygen atoms in total. The highest BCUT2D eigenvalue weighted by Crippen LogP contribution is 2.35. The highest BCUT2D eigenvalue weighted by atomic mass is 32.2. The minimum atomic E-state index is 0.569. The van der Waals surface area contributed by atoms with Gasteiger partial charge in [-0.05, 0) is 42.3 Å². The maximum atomic E-state index is 5.66. The Kier molecular flexibility index (Phi) is 4.28. The molecule has 2 N–H and O–H groups in total. The van der Waals surface area contributed by atoms with E-state index in [0.29, 0.717) is 6.54 Å². The normalized spacial score (nSPS) is 10.4. The lowest BCUT2D eigenvalue weighted by Crippen LogP contribution is -1.95. The van der Waals surface area contributed by atoms with E-state index >= 15 is 0 Å². The molecule has 2 rings (SSSR count). The molecule has 2 aromatic carbocycles. The molecule has 0 fully saturated rings. The maximum Gasteiger partial charge on any atom is 0.132 e. The van der Waals surface area contributed by atoms with E-state index in [1.165, 1.54) is 10.5 Å². The van der Waals surface area contributed by atoms with Gasteiger partial charge in [-0.15, -0.1) is 0 Å². The van der Waals surface area contributed by atoms with E-state index < -0.39 is 0 Å². The molecule has 0 atom stereocenters. The lowest BCUT2D eigenvalue weighted by Gasteiger charge is -2.09. The van der Waals surface area contributed by atoms with Crippen molar-refractivity contribution in [2.45, 2.75) is 23.3 Å². The van der Waals surface area contributed by atoms with Crippen LogP contribution in [0.1, 0.15) is 11.1 Å². The maximum absolute atomic E-state index is 5.66. The molecule has 0 spiro atoms. The molecule has 0 aliphatic rings. The van der Waals surface area contributed by atoms with Gasteiger partial charge in [0.25, 0.3) is 0 Å². The van der Waals surface area contributed by atoms with E-state index in [-0.39, 0.29) is 0 Å². The van der Waals surface area contributed by atoms with Gasteiger partial charge in [0, 0.05) is 11.4 Å². The Morgan fingerprint density at radius 1 is 1.17 bits per heavy atom. The second kappa shape index (κ2) is 5.94. The molecule has 18 heavy (non-hydrogen) atoms. The van der Waals surface area contributed by atoms with Crippen LogP contribution in [0.4, 0.5) is 0 Å². The zero-order chi connectivity index (χ0) is 13.0. The fourth-order valence-electron chi connectivity index (χ4n) is 1.73. The van der Waals surface area contributed by atoms with Crippen LogP contribution in [-0.4, -0.2) is 7.11 Å². The van der Waals surface area contributed by atoms with Gasteiger partial charge in [0.1, 0.15) is 5.75 Å². The third-order valence-corrected chi connectivity index (χ3v) is 3.71. The Morgan fingerprint density at radius 2 is 2.00 bits per heavy atom. The molecule has 0 heterocycles. The largest absolute Gasteiger partial charge is 0.496 e. The molecular formula is C15H17NOS. The standard InChI is InChI=1S/C15H17NOS/c1-11-6-7-14(17-2)15(8-11)18-13-5-3-4-12(9-13)10-16/h3-9H,10,16H2,1-2H3. The number of hydrogen-bond acceptors (Lipinski definition) is 3. The molecule has 0 radical (unpaired) electrons. The number of hydrogen-bond donors (Lipinski definition) is 1. The summed E-state index contributed by atoms with van der Waals surface area (Å²) in [5.74, 6) is 0.906. The van der Waals surface area contributed by atoms with Crippen LogP contribution < -0.4 is 10.5 Å². The second-order valence-corrected chi connectivity index (χ2v) is 5.22. The van der Waals surface area contributed by atoms with Crippen LogP contribution in [0.15, 0.2) is 52.3 Å². The first-order valence-corrected chi connectivity index (χ1v) is 6.66. The number of ether oxygens (including phenoxy) is 1. The van der Waals surface area contributed by atoms with Crippen LogP contribution in [0.2, 0.25) is 0 Å². The smallest absolute Gasteiger partial charge is 0.132 e. The van der Waals surface area contributed by atoms with E-state index in [1.807, 2.05) is 18.2 Å². The summed E-state index contributed by atoms with van der Waals surface area (Å²) in [6.45, 7) is 2.65. The third-order valence-electron chi connectivity index (χ3n) is 2.68. The van der Waals surface area contributed by atoms with Crippen molar-refractivity contribution in [3.8, 4) is 5.75 Å². The highest BCUT2D eigenvalue weighted by molar-refractivity contribution is 7.99. The lowest BCUT2D eigenvalue weighted by atomic mass is 10.2. The molecule has 0 bridgehead atoms. The van der Waals surface area contributed by atoms with Crippen molar-refractivity contribution in [3.63, 3.8) is 0 Å². The summed E-state index contributed by atoms with van der Waals surface area (Å²) in [6, 6.07) is 14.5. The van der Waals surface area contributed by atoms with E-state index in [9.17, 15) is 0 Å². The van der Waals surface area contributed by atoms with Gasteiger partial charge in [0.05, 0.1) is 12.0 Å². The first kappa shape index (κ1) is 13.0. The molecular weight excluding hydrogens is 242 g/mol. The van der Waals surface area contributed by atoms with Gasteiger partial charge < -0.3 is 10.5 Å². The van der Waals surface area contributed by atoms with Crippen LogP contribution in [0, 0.1) is 6.92 Å². The highest BCUT2D eigenvalue weighted by Gasteiger charge is 2.05. The molecule has 94 valence electrons. The van der Waals surface area contributed by atoms with Crippen molar-refractivity contribution in [1.29, 1.82) is 0 Å². The predicted octanol–water partition coefficient (Wildman–Crippen LogP) is 3.61. The van der Waals surface area contributed by atoms with Gasteiger partial charge in [0.2, 0.25) is 0 Å². The Hall–Kier alpha value is -1.45. The summed E-state index contributed by atoms with van der Waals surface area (Å²) in [5.41, 5.74) is 8.03. The molecule has 2 aromatic rings. The Bertz CT molecular complexity index is 540. The molecule has 0 aliphatic carbocycles. The number of methoxy groups -OCH3 is 1. The first-order chi connectivity index (χ1) is 8.72. The average molecular weight is 259 g/mol. The van der Waals surface area contributed by atoms with E-state index in [4.69, 9.17) is 10.5 Å². The molecule has 0 unspecified atom stereocenters. The molecule has 0 aliphatic heterocycles. The molecule has 3 heteroatoms. The van der Waals surface area contributed by atoms with E-state index in [0.717, 1.165) is 16.2 Å². The van der Waals surface area contributed by atoms with Crippen LogP contribution in [0.25, 0.3) is 0 Å². The van der Waals surface area contributed by atoms with Crippen molar-refractivity contribution in [2.75, 3.05) is 7.11 Å². The average Bonchev–Trinajstić information content (AvgIpc) is 2.39. The summed E-state index contributed by atoms with van der Waals surface area (Å²) in [4.78, 5) is 2.31. The fourth-order valence-corrected chi connectivity index (χ4v) is 2.83. The zero-order valence-corrected chi connectivity index (χ0v) is 11.5. The van der Waals surface area contributed by atoms with Gasteiger partial charge in [-0.3, -0.25) is 0 Å². The van der Waals surface area contributed by atoms with E-state index in [1.54, 1.807) is 18.9 Å². The van der Waals surface area contributed by atoms with Gasteiger partial charge in [0.15, 0.2) is 0 Å². The Morgan fingerprint density at radius 3 is 2.72 bits per heavy atom. The van der Waals surface area contributed by atoms with Crippen molar-refractivity contribution < 1.29 is 4.74 Å². The minimum Gasteiger partial charge on any atom is -0.496 e. The third kappa shape index (κ3) is 3.06. The van der Waals surface area contributed by atoms with Crippen molar-refractivity contribution >= 4 is 11.8 Å². The topological polar surface area (TPSA) is 35.2 Å². The van der Waals surface area contributed by atoms with Crippen molar-refractivity contribution in [3.05, 3.63) is 53.6 Å². The molecule has 0 saturated carbocycles. The molecule has 0 saturated heterocycles. The van der Waals surface area contributed by atoms with Crippen LogP contribution >= 0.6 is 11.8 Å². The summed E-state index contributed by atoms with van der Waals surface area (Å²) < 4.78 is 5.38. The fraction of sp³-hybridized carbons (Fsp3) is 0.200. The van der Waals surface area contributed by atoms with Gasteiger partial charge >= 0.3 is 0 Å². The summed E-state index contributed by atoms with van der Waals surface area (Å²) in [5, 5.41) is 0. The van der Waals surface area contributed by atoms with Crippen molar-refractivity contribution in [1.82, 2.24) is 0 Å². The summed E-state index contributed by atoms with van der Waals surface area (Å²) in [6.07, 6.45) is 0. The summed E-state index contributed by atoms with van der Waals surface area (Å²) in [7, 11) is 1.70. The molecule has 0 aromatic heterocycles. The minimum absolute atomic E-state index is 0.569. The number of benzene rings is 2. The van der Waals surface area contributed by atoms with Gasteiger partial charge in [-0.2, -0.15) is 0 Å². The Labute approximate surface area is 112 Å². The second-order valence-electron chi connectivity index (χ2n) is 4.11. The predicted molar refractivity (Wildman–Crippen MR) is 76.2 cm³/mol. The van der Waals surface area contributed by atoms with E-state index in [2.05, 4.69) is 31.2 Å². The monoisotopic (exact) mass is 259 g/mol. The lowest BCUT2D eigenvalue weighted by molar-refractivity contribution is 0.404. The van der Waals surface area contributed by atoms with Crippen LogP contribution in [0.3, 0.4) is 0 Å². The van der Waals surface area contributed by atoms with Crippen molar-refractivity contribution in [2.24, 2.45) is 5.73 Å². The summed E-state index contributed by atoms with van der Waals surface area (Å²) >= 11 is 1.70. The number of nitrogens with two attached hydrogens (primary N) is 1. The zero-order valence-electron chi connectivity index (χ0n) is 10.6. The van der Waals surface area contributed by atoms with Gasteiger partial charge in [-0.25, -0.2) is 0 Å². The molecule has 0 amide bonds. The quantitative estimate of drug-likeness (QED) is 0.911. The van der Waals surface area contributed by atoms with Gasteiger partial charge in [-0.1, -0.05) is 30.0 Å². The Balaban J connectivity index is 2.29. The van der Waals surface area contributed by atoms with Crippen LogP contribution in [0.5, 0.6) is 5.75 Å². The number of aryl methyl sites for hydroxylation is 1. The first-order valence-electron chi connectivity index (χ1n) is 5.84. The number of rotatable bonds is 4. The SMILES string of the molecule is COc1ccc(C)cc1Sc1cccc(CN)c1.